The van der Waals surface area contributed by atoms with Gasteiger partial charge in [-0.25, -0.2) is 0 Å². The molecule has 0 aromatic heterocycles. The molecule has 1 unspecified atom stereocenters. The zero-order chi connectivity index (χ0) is 14.8. The van der Waals surface area contributed by atoms with Crippen molar-refractivity contribution in [1.82, 2.24) is 0 Å². The molecule has 4 nitrogen and oxygen atoms in total. The fraction of sp³-hybridized carbons (Fsp3) is 0.467. The van der Waals surface area contributed by atoms with Gasteiger partial charge in [-0.3, -0.25) is 0 Å². The van der Waals surface area contributed by atoms with Gasteiger partial charge < -0.3 is 9.47 Å². The summed E-state index contributed by atoms with van der Waals surface area (Å²) in [5.41, 5.74) is 1.43. The van der Waals surface area contributed by atoms with Crippen LogP contribution < -0.4 is 4.74 Å². The first-order chi connectivity index (χ1) is 9.45. The van der Waals surface area contributed by atoms with Gasteiger partial charge in [0.25, 0.3) is 0 Å². The minimum atomic E-state index is -0.241. The predicted octanol–water partition coefficient (Wildman–Crippen LogP) is 3.87. The highest BCUT2D eigenvalue weighted by Gasteiger charge is 2.34. The molecule has 1 heterocycles. The number of benzene rings is 1. The number of hydrogen-bond donors (Lipinski definition) is 0. The van der Waals surface area contributed by atoms with E-state index in [0.717, 1.165) is 17.7 Å². The lowest BCUT2D eigenvalue weighted by Crippen LogP contribution is -2.34. The molecule has 0 amide bonds. The largest absolute Gasteiger partial charge is 0.487 e. The van der Waals surface area contributed by atoms with E-state index in [4.69, 9.17) is 14.7 Å². The molecule has 0 aliphatic carbocycles. The van der Waals surface area contributed by atoms with E-state index in [2.05, 4.69) is 24.3 Å². The number of hydrogen-bond acceptors (Lipinski definition) is 5. The molecular weight excluding hydrogens is 272 g/mol. The zero-order valence-corrected chi connectivity index (χ0v) is 13.0. The van der Waals surface area contributed by atoms with Crippen LogP contribution in [0.4, 0.5) is 0 Å². The van der Waals surface area contributed by atoms with Crippen LogP contribution in [-0.4, -0.2) is 18.6 Å². The van der Waals surface area contributed by atoms with Crippen molar-refractivity contribution in [1.29, 1.82) is 5.26 Å². The highest BCUT2D eigenvalue weighted by molar-refractivity contribution is 7.98. The van der Waals surface area contributed by atoms with Crippen molar-refractivity contribution < 1.29 is 9.47 Å². The predicted molar refractivity (Wildman–Crippen MR) is 80.9 cm³/mol. The Kier molecular flexibility index (Phi) is 4.24. The van der Waals surface area contributed by atoms with E-state index in [9.17, 15) is 0 Å². The molecule has 1 aromatic carbocycles. The number of ether oxygens (including phenoxy) is 2. The Morgan fingerprint density at radius 1 is 1.55 bits per heavy atom. The molecule has 1 aliphatic rings. The number of fused-ring (bicyclic) bond motifs is 1. The van der Waals surface area contributed by atoms with Crippen molar-refractivity contribution >= 4 is 17.8 Å². The Hall–Kier alpha value is -1.67. The molecule has 0 saturated heterocycles. The molecule has 20 heavy (non-hydrogen) atoms. The van der Waals surface area contributed by atoms with Crippen molar-refractivity contribution in [2.45, 2.75) is 38.0 Å². The van der Waals surface area contributed by atoms with Crippen LogP contribution >= 0.6 is 11.9 Å². The summed E-state index contributed by atoms with van der Waals surface area (Å²) < 4.78 is 15.4. The van der Waals surface area contributed by atoms with Gasteiger partial charge in [-0.15, -0.1) is 0 Å². The number of nitrogens with zero attached hydrogens (tertiary/aromatic N) is 2. The number of methoxy groups -OCH3 is 1. The summed E-state index contributed by atoms with van der Waals surface area (Å²) in [5, 5.41) is 9.20. The summed E-state index contributed by atoms with van der Waals surface area (Å²) in [7, 11) is 1.61. The van der Waals surface area contributed by atoms with E-state index in [1.807, 2.05) is 19.1 Å². The molecule has 1 aromatic rings. The maximum atomic E-state index is 9.04. The topological polar surface area (TPSA) is 54.6 Å². The van der Waals surface area contributed by atoms with Gasteiger partial charge in [-0.2, -0.15) is 9.66 Å². The highest BCUT2D eigenvalue weighted by atomic mass is 32.2. The van der Waals surface area contributed by atoms with E-state index in [1.54, 1.807) is 13.2 Å². The first kappa shape index (κ1) is 14.7. The van der Waals surface area contributed by atoms with Gasteiger partial charge in [0, 0.05) is 18.9 Å². The van der Waals surface area contributed by atoms with E-state index < -0.39 is 0 Å². The molecule has 0 bridgehead atoms. The average molecular weight is 290 g/mol. The van der Waals surface area contributed by atoms with E-state index in [-0.39, 0.29) is 10.9 Å². The molecule has 0 saturated carbocycles. The summed E-state index contributed by atoms with van der Waals surface area (Å²) >= 11 is 1.47. The van der Waals surface area contributed by atoms with Gasteiger partial charge in [0.15, 0.2) is 5.90 Å². The zero-order valence-electron chi connectivity index (χ0n) is 12.1. The van der Waals surface area contributed by atoms with Crippen LogP contribution in [0.15, 0.2) is 22.6 Å². The summed E-state index contributed by atoms with van der Waals surface area (Å²) in [6.07, 6.45) is 0.833. The number of rotatable bonds is 2. The first-order valence-electron chi connectivity index (χ1n) is 6.42. The second-order valence-corrected chi connectivity index (χ2v) is 6.30. The third kappa shape index (κ3) is 3.26. The van der Waals surface area contributed by atoms with Gasteiger partial charge in [-0.05, 0) is 44.0 Å². The maximum Gasteiger partial charge on any atom is 0.191 e. The van der Waals surface area contributed by atoms with Gasteiger partial charge in [0.1, 0.15) is 11.4 Å². The Bertz CT molecular complexity index is 576. The maximum absolute atomic E-state index is 9.04. The van der Waals surface area contributed by atoms with Crippen molar-refractivity contribution in [3.8, 4) is 11.8 Å². The fourth-order valence-corrected chi connectivity index (χ4v) is 3.25. The van der Waals surface area contributed by atoms with Crippen LogP contribution in [0, 0.1) is 11.3 Å². The number of nitriles is 1. The normalized spacial score (nSPS) is 20.6. The Morgan fingerprint density at radius 2 is 2.30 bits per heavy atom. The lowest BCUT2D eigenvalue weighted by Gasteiger charge is -2.36. The van der Waals surface area contributed by atoms with Gasteiger partial charge in [0.2, 0.25) is 0 Å². The minimum Gasteiger partial charge on any atom is -0.487 e. The van der Waals surface area contributed by atoms with Gasteiger partial charge in [-0.1, -0.05) is 0 Å². The van der Waals surface area contributed by atoms with E-state index >= 15 is 0 Å². The Morgan fingerprint density at radius 3 is 2.95 bits per heavy atom. The van der Waals surface area contributed by atoms with Crippen molar-refractivity contribution in [3.63, 3.8) is 0 Å². The van der Waals surface area contributed by atoms with Crippen molar-refractivity contribution in [2.24, 2.45) is 4.40 Å². The highest BCUT2D eigenvalue weighted by Crippen LogP contribution is 2.47. The second-order valence-electron chi connectivity index (χ2n) is 5.34. The lowest BCUT2D eigenvalue weighted by atomic mass is 9.93. The van der Waals surface area contributed by atoms with Crippen LogP contribution in [0.1, 0.15) is 43.6 Å². The van der Waals surface area contributed by atoms with Crippen LogP contribution in [-0.2, 0) is 4.74 Å². The van der Waals surface area contributed by atoms with Gasteiger partial charge >= 0.3 is 0 Å². The molecule has 106 valence electrons. The molecule has 5 heteroatoms. The molecular formula is C15H18N2O2S. The monoisotopic (exact) mass is 290 g/mol. The van der Waals surface area contributed by atoms with Gasteiger partial charge in [0.05, 0.1) is 24.0 Å². The third-order valence-electron chi connectivity index (χ3n) is 3.15. The van der Waals surface area contributed by atoms with E-state index in [1.165, 1.54) is 11.9 Å². The minimum absolute atomic E-state index is 0.159. The first-order valence-corrected chi connectivity index (χ1v) is 7.26. The Labute approximate surface area is 123 Å². The standard InChI is InChI=1S/C15H18N2O2S/c1-10(18-4)17-20-14-8-15(2,3)19-13-6-5-11(9-16)7-12(13)14/h5-7,14H,8H2,1-4H3. The second kappa shape index (κ2) is 5.76. The summed E-state index contributed by atoms with van der Waals surface area (Å²) in [4.78, 5) is 0. The quantitative estimate of drug-likeness (QED) is 0.471. The van der Waals surface area contributed by atoms with Crippen molar-refractivity contribution in [3.05, 3.63) is 29.3 Å². The molecule has 0 radical (unpaired) electrons. The fourth-order valence-electron chi connectivity index (χ4n) is 2.13. The molecule has 0 N–H and O–H groups in total. The molecule has 2 rings (SSSR count). The third-order valence-corrected chi connectivity index (χ3v) is 4.19. The Balaban J connectivity index is 2.35. The summed E-state index contributed by atoms with van der Waals surface area (Å²) in [6, 6.07) is 7.71. The molecule has 1 atom stereocenters. The van der Waals surface area contributed by atoms with Crippen LogP contribution in [0.25, 0.3) is 0 Å². The lowest BCUT2D eigenvalue weighted by molar-refractivity contribution is 0.0834. The SMILES string of the molecule is COC(C)=NSC1CC(C)(C)Oc2ccc(C#N)cc21. The van der Waals surface area contributed by atoms with E-state index in [0.29, 0.717) is 11.5 Å². The van der Waals surface area contributed by atoms with Crippen LogP contribution in [0.2, 0.25) is 0 Å². The summed E-state index contributed by atoms with van der Waals surface area (Å²) in [6.45, 7) is 5.95. The smallest absolute Gasteiger partial charge is 0.191 e. The van der Waals surface area contributed by atoms with Crippen LogP contribution in [0.5, 0.6) is 5.75 Å². The molecule has 0 fully saturated rings. The summed E-state index contributed by atoms with van der Waals surface area (Å²) in [5.74, 6) is 1.47. The molecule has 1 aliphatic heterocycles. The van der Waals surface area contributed by atoms with Crippen LogP contribution in [0.3, 0.4) is 0 Å². The van der Waals surface area contributed by atoms with Crippen molar-refractivity contribution in [2.75, 3.05) is 7.11 Å². The average Bonchev–Trinajstić information content (AvgIpc) is 2.42. The molecule has 0 spiro atoms.